The number of nitrogens with zero attached hydrogens (tertiary/aromatic N) is 1. The molecule has 140 valence electrons. The maximum Gasteiger partial charge on any atom is 0.220 e. The summed E-state index contributed by atoms with van der Waals surface area (Å²) in [4.78, 5) is 18.3. The number of H-pyrrole nitrogens is 1. The van der Waals surface area contributed by atoms with E-state index in [0.717, 1.165) is 18.4 Å². The first-order chi connectivity index (χ1) is 12.5. The lowest BCUT2D eigenvalue weighted by molar-refractivity contribution is -0.121. The number of piperidine rings is 1. The van der Waals surface area contributed by atoms with Crippen molar-refractivity contribution in [3.63, 3.8) is 0 Å². The Balaban J connectivity index is 1.32. The van der Waals surface area contributed by atoms with Crippen LogP contribution in [0.5, 0.6) is 0 Å². The maximum absolute atomic E-state index is 12.6. The molecular formula is C21H29N3OS. The van der Waals surface area contributed by atoms with E-state index in [1.807, 2.05) is 12.3 Å². The summed E-state index contributed by atoms with van der Waals surface area (Å²) in [5.41, 5.74) is 2.38. The first kappa shape index (κ1) is 17.9. The number of benzene rings is 1. The van der Waals surface area contributed by atoms with Crippen molar-refractivity contribution in [3.8, 4) is 0 Å². The van der Waals surface area contributed by atoms with Crippen LogP contribution in [0.15, 0.2) is 30.5 Å². The van der Waals surface area contributed by atoms with Crippen molar-refractivity contribution in [3.05, 3.63) is 36.0 Å². The lowest BCUT2D eigenvalue weighted by atomic mass is 9.89. The number of aryl methyl sites for hydroxylation is 1. The van der Waals surface area contributed by atoms with Gasteiger partial charge in [0, 0.05) is 39.6 Å². The summed E-state index contributed by atoms with van der Waals surface area (Å²) in [6, 6.07) is 8.61. The number of hydrogen-bond acceptors (Lipinski definition) is 3. The van der Waals surface area contributed by atoms with Gasteiger partial charge in [-0.15, -0.1) is 11.8 Å². The number of fused-ring (bicyclic) bond motifs is 1. The molecule has 1 aromatic carbocycles. The summed E-state index contributed by atoms with van der Waals surface area (Å²) in [5.74, 6) is 0.192. The van der Waals surface area contributed by atoms with Gasteiger partial charge in [0.25, 0.3) is 0 Å². The third kappa shape index (κ3) is 3.65. The van der Waals surface area contributed by atoms with E-state index in [-0.39, 0.29) is 5.91 Å². The largest absolute Gasteiger partial charge is 0.361 e. The van der Waals surface area contributed by atoms with E-state index in [0.29, 0.717) is 22.5 Å². The molecule has 4 nitrogen and oxygen atoms in total. The number of carbonyl (C=O) groups is 1. The van der Waals surface area contributed by atoms with Gasteiger partial charge in [0.2, 0.25) is 5.91 Å². The van der Waals surface area contributed by atoms with Crippen LogP contribution in [-0.4, -0.2) is 52.0 Å². The predicted molar refractivity (Wildman–Crippen MR) is 110 cm³/mol. The van der Waals surface area contributed by atoms with E-state index in [2.05, 4.69) is 59.1 Å². The molecule has 2 N–H and O–H groups in total. The molecule has 2 aliphatic rings. The molecule has 0 bridgehead atoms. The minimum Gasteiger partial charge on any atom is -0.361 e. The first-order valence-electron chi connectivity index (χ1n) is 9.75. The van der Waals surface area contributed by atoms with Crippen molar-refractivity contribution in [2.75, 3.05) is 20.1 Å². The van der Waals surface area contributed by atoms with Crippen LogP contribution in [0.3, 0.4) is 0 Å². The Morgan fingerprint density at radius 2 is 2.12 bits per heavy atom. The Kier molecular flexibility index (Phi) is 5.02. The highest BCUT2D eigenvalue weighted by molar-refractivity contribution is 8.01. The average molecular weight is 372 g/mol. The van der Waals surface area contributed by atoms with Gasteiger partial charge in [0.05, 0.1) is 0 Å². The third-order valence-electron chi connectivity index (χ3n) is 6.14. The summed E-state index contributed by atoms with van der Waals surface area (Å²) in [7, 11) is 2.21. The minimum absolute atomic E-state index is 0.192. The smallest absolute Gasteiger partial charge is 0.220 e. The van der Waals surface area contributed by atoms with E-state index < -0.39 is 0 Å². The monoisotopic (exact) mass is 371 g/mol. The molecule has 2 saturated heterocycles. The molecule has 2 aliphatic heterocycles. The molecule has 4 rings (SSSR count). The second-order valence-electron chi connectivity index (χ2n) is 8.05. The number of likely N-dealkylation sites (tertiary alicyclic amines) is 1. The third-order valence-corrected chi connectivity index (χ3v) is 7.91. The van der Waals surface area contributed by atoms with Gasteiger partial charge < -0.3 is 15.2 Å². The number of amides is 1. The molecule has 0 aliphatic carbocycles. The van der Waals surface area contributed by atoms with Gasteiger partial charge in [-0.1, -0.05) is 25.1 Å². The van der Waals surface area contributed by atoms with Gasteiger partial charge in [0.15, 0.2) is 0 Å². The van der Waals surface area contributed by atoms with Gasteiger partial charge in [-0.2, -0.15) is 0 Å². The van der Waals surface area contributed by atoms with Gasteiger partial charge in [-0.25, -0.2) is 0 Å². The summed E-state index contributed by atoms with van der Waals surface area (Å²) >= 11 is 2.11. The van der Waals surface area contributed by atoms with E-state index >= 15 is 0 Å². The van der Waals surface area contributed by atoms with Gasteiger partial charge >= 0.3 is 0 Å². The topological polar surface area (TPSA) is 48.1 Å². The summed E-state index contributed by atoms with van der Waals surface area (Å²) in [5, 5.41) is 5.08. The molecule has 1 aromatic heterocycles. The van der Waals surface area contributed by atoms with Crippen molar-refractivity contribution < 1.29 is 4.79 Å². The van der Waals surface area contributed by atoms with Crippen LogP contribution in [0.1, 0.15) is 38.2 Å². The molecule has 0 saturated carbocycles. The zero-order valence-corrected chi connectivity index (χ0v) is 16.6. The number of hydrogen-bond donors (Lipinski definition) is 2. The van der Waals surface area contributed by atoms with Crippen molar-refractivity contribution in [1.29, 1.82) is 0 Å². The van der Waals surface area contributed by atoms with Gasteiger partial charge in [0.1, 0.15) is 0 Å². The number of aromatic amines is 1. The maximum atomic E-state index is 12.6. The van der Waals surface area contributed by atoms with Crippen LogP contribution in [0, 0.1) is 0 Å². The molecule has 2 unspecified atom stereocenters. The fraction of sp³-hybridized carbons (Fsp3) is 0.571. The molecule has 2 fully saturated rings. The molecule has 1 amide bonds. The summed E-state index contributed by atoms with van der Waals surface area (Å²) in [6.45, 7) is 4.64. The Hall–Kier alpha value is -1.46. The van der Waals surface area contributed by atoms with E-state index in [1.54, 1.807) is 0 Å². The Morgan fingerprint density at radius 1 is 1.35 bits per heavy atom. The fourth-order valence-electron chi connectivity index (χ4n) is 4.47. The Bertz CT molecular complexity index is 778. The molecule has 5 heteroatoms. The van der Waals surface area contributed by atoms with E-state index in [1.165, 1.54) is 36.9 Å². The molecule has 2 aromatic rings. The summed E-state index contributed by atoms with van der Waals surface area (Å²) < 4.78 is 0.390. The van der Waals surface area contributed by atoms with Crippen LogP contribution < -0.4 is 5.32 Å². The van der Waals surface area contributed by atoms with Crippen LogP contribution >= 0.6 is 11.8 Å². The Morgan fingerprint density at radius 3 is 2.92 bits per heavy atom. The molecule has 0 radical (unpaired) electrons. The number of thioether (sulfide) groups is 1. The number of carbonyl (C=O) groups excluding carboxylic acids is 1. The standard InChI is InChI=1S/C21H29N3OS/c1-15-19(13-21(26-15)9-11-24(2)12-10-21)23-20(25)8-7-16-14-22-18-6-4-3-5-17(16)18/h3-6,14-15,19,22H,7-13H2,1-2H3,(H,23,25). The highest BCUT2D eigenvalue weighted by atomic mass is 32.2. The molecule has 26 heavy (non-hydrogen) atoms. The van der Waals surface area contributed by atoms with Gasteiger partial charge in [-0.3, -0.25) is 4.79 Å². The van der Waals surface area contributed by atoms with E-state index in [4.69, 9.17) is 0 Å². The number of rotatable bonds is 4. The predicted octanol–water partition coefficient (Wildman–Crippen LogP) is 3.58. The fourth-order valence-corrected chi connectivity index (χ4v) is 6.28. The highest BCUT2D eigenvalue weighted by Gasteiger charge is 2.45. The van der Waals surface area contributed by atoms with Crippen LogP contribution in [0.2, 0.25) is 0 Å². The first-order valence-corrected chi connectivity index (χ1v) is 10.6. The summed E-state index contributed by atoms with van der Waals surface area (Å²) in [6.07, 6.45) is 7.02. The normalized spacial score (nSPS) is 25.8. The quantitative estimate of drug-likeness (QED) is 0.864. The van der Waals surface area contributed by atoms with Crippen LogP contribution in [0.25, 0.3) is 10.9 Å². The van der Waals surface area contributed by atoms with Crippen LogP contribution in [0.4, 0.5) is 0 Å². The highest BCUT2D eigenvalue weighted by Crippen LogP contribution is 2.49. The second kappa shape index (κ2) is 7.28. The SMILES string of the molecule is CC1SC2(CCN(C)CC2)CC1NC(=O)CCc1c[nH]c2ccccc12. The zero-order valence-electron chi connectivity index (χ0n) is 15.8. The number of nitrogens with one attached hydrogen (secondary N) is 2. The van der Waals surface area contributed by atoms with Crippen molar-refractivity contribution in [2.24, 2.45) is 0 Å². The minimum atomic E-state index is 0.192. The van der Waals surface area contributed by atoms with Crippen LogP contribution in [-0.2, 0) is 11.2 Å². The lowest BCUT2D eigenvalue weighted by Crippen LogP contribution is -2.42. The molecular weight excluding hydrogens is 342 g/mol. The van der Waals surface area contributed by atoms with E-state index in [9.17, 15) is 4.79 Å². The van der Waals surface area contributed by atoms with Crippen molar-refractivity contribution >= 4 is 28.6 Å². The van der Waals surface area contributed by atoms with Crippen molar-refractivity contribution in [1.82, 2.24) is 15.2 Å². The average Bonchev–Trinajstić information content (AvgIpc) is 3.18. The lowest BCUT2D eigenvalue weighted by Gasteiger charge is -2.37. The number of aromatic nitrogens is 1. The zero-order chi connectivity index (χ0) is 18.1. The second-order valence-corrected chi connectivity index (χ2v) is 9.89. The van der Waals surface area contributed by atoms with Gasteiger partial charge in [-0.05, 0) is 57.5 Å². The molecule has 1 spiro atoms. The Labute approximate surface area is 160 Å². The number of para-hydroxylation sites is 1. The molecule has 3 heterocycles. The van der Waals surface area contributed by atoms with Crippen molar-refractivity contribution in [2.45, 2.75) is 55.1 Å². The molecule has 2 atom stereocenters.